The lowest BCUT2D eigenvalue weighted by Crippen LogP contribution is -2.17. The summed E-state index contributed by atoms with van der Waals surface area (Å²) < 4.78 is 2.73. The van der Waals surface area contributed by atoms with Crippen molar-refractivity contribution in [3.63, 3.8) is 0 Å². The van der Waals surface area contributed by atoms with E-state index in [1.165, 1.54) is 0 Å². The predicted molar refractivity (Wildman–Crippen MR) is 78.3 cm³/mol. The molecule has 0 aromatic carbocycles. The van der Waals surface area contributed by atoms with Crippen molar-refractivity contribution in [2.24, 2.45) is 0 Å². The summed E-state index contributed by atoms with van der Waals surface area (Å²) in [6, 6.07) is 0. The molecule has 0 aliphatic heterocycles. The van der Waals surface area contributed by atoms with Crippen LogP contribution in [0.15, 0.2) is 23.1 Å². The van der Waals surface area contributed by atoms with E-state index in [9.17, 15) is 0 Å². The van der Waals surface area contributed by atoms with Gasteiger partial charge in [-0.1, -0.05) is 20.8 Å². The molecule has 0 unspecified atom stereocenters. The summed E-state index contributed by atoms with van der Waals surface area (Å²) in [6.07, 6.45) is 5.50. The molecule has 0 amide bonds. The summed E-state index contributed by atoms with van der Waals surface area (Å²) in [4.78, 5) is 9.06. The van der Waals surface area contributed by atoms with E-state index in [0.29, 0.717) is 12.5 Å². The minimum atomic E-state index is 0.318. The van der Waals surface area contributed by atoms with Gasteiger partial charge in [0.15, 0.2) is 0 Å². The van der Waals surface area contributed by atoms with Crippen molar-refractivity contribution < 1.29 is 0 Å². The standard InChI is InChI=1S/C13H18BrN5/c1-4-15-6-11-12(19-8-10(14)5-17-19)7-16-13(18-11)9(2)3/h5,7-9,15H,4,6H2,1-3H3. The third kappa shape index (κ3) is 3.39. The van der Waals surface area contributed by atoms with E-state index >= 15 is 0 Å². The first-order valence-corrected chi connectivity index (χ1v) is 7.18. The first kappa shape index (κ1) is 14.1. The minimum Gasteiger partial charge on any atom is -0.311 e. The molecule has 102 valence electrons. The van der Waals surface area contributed by atoms with Gasteiger partial charge < -0.3 is 5.32 Å². The Morgan fingerprint density at radius 2 is 2.16 bits per heavy atom. The average Bonchev–Trinajstić information content (AvgIpc) is 2.82. The van der Waals surface area contributed by atoms with Gasteiger partial charge in [0.1, 0.15) is 11.5 Å². The second-order valence-corrected chi connectivity index (χ2v) is 5.51. The van der Waals surface area contributed by atoms with Crippen molar-refractivity contribution in [2.75, 3.05) is 6.54 Å². The zero-order valence-corrected chi connectivity index (χ0v) is 13.0. The van der Waals surface area contributed by atoms with E-state index in [1.807, 2.05) is 12.4 Å². The van der Waals surface area contributed by atoms with Gasteiger partial charge in [0.2, 0.25) is 0 Å². The van der Waals surface area contributed by atoms with Gasteiger partial charge in [-0.2, -0.15) is 5.10 Å². The van der Waals surface area contributed by atoms with Crippen molar-refractivity contribution >= 4 is 15.9 Å². The maximum atomic E-state index is 4.65. The van der Waals surface area contributed by atoms with Crippen LogP contribution in [-0.2, 0) is 6.54 Å². The second kappa shape index (κ2) is 6.25. The zero-order chi connectivity index (χ0) is 13.8. The summed E-state index contributed by atoms with van der Waals surface area (Å²) in [5.41, 5.74) is 1.88. The van der Waals surface area contributed by atoms with Gasteiger partial charge in [-0.25, -0.2) is 14.6 Å². The Hall–Kier alpha value is -1.27. The van der Waals surface area contributed by atoms with Crippen LogP contribution in [0.3, 0.4) is 0 Å². The minimum absolute atomic E-state index is 0.318. The number of nitrogens with one attached hydrogen (secondary N) is 1. The molecule has 0 radical (unpaired) electrons. The molecule has 1 N–H and O–H groups in total. The van der Waals surface area contributed by atoms with E-state index in [0.717, 1.165) is 28.2 Å². The Morgan fingerprint density at radius 1 is 1.37 bits per heavy atom. The quantitative estimate of drug-likeness (QED) is 0.919. The van der Waals surface area contributed by atoms with E-state index in [4.69, 9.17) is 0 Å². The third-order valence-electron chi connectivity index (χ3n) is 2.72. The molecule has 5 nitrogen and oxygen atoms in total. The number of halogens is 1. The summed E-state index contributed by atoms with van der Waals surface area (Å²) in [7, 11) is 0. The molecular formula is C13H18BrN5. The van der Waals surface area contributed by atoms with E-state index in [2.05, 4.69) is 57.1 Å². The highest BCUT2D eigenvalue weighted by molar-refractivity contribution is 9.10. The molecule has 0 saturated carbocycles. The molecule has 0 aliphatic carbocycles. The summed E-state index contributed by atoms with van der Waals surface area (Å²) in [6.45, 7) is 7.89. The van der Waals surface area contributed by atoms with Crippen LogP contribution in [0.1, 0.15) is 38.2 Å². The molecule has 0 atom stereocenters. The molecule has 0 aliphatic rings. The lowest BCUT2D eigenvalue weighted by molar-refractivity contribution is 0.674. The molecule has 2 rings (SSSR count). The van der Waals surface area contributed by atoms with Crippen LogP contribution >= 0.6 is 15.9 Å². The maximum Gasteiger partial charge on any atom is 0.131 e. The molecule has 0 saturated heterocycles. The third-order valence-corrected chi connectivity index (χ3v) is 3.13. The summed E-state index contributed by atoms with van der Waals surface area (Å²) in [5, 5.41) is 7.60. The normalized spacial score (nSPS) is 11.2. The molecule has 6 heteroatoms. The van der Waals surface area contributed by atoms with E-state index in [-0.39, 0.29) is 0 Å². The zero-order valence-electron chi connectivity index (χ0n) is 11.4. The second-order valence-electron chi connectivity index (χ2n) is 4.60. The van der Waals surface area contributed by atoms with Crippen LogP contribution < -0.4 is 5.32 Å². The van der Waals surface area contributed by atoms with Crippen molar-refractivity contribution in [3.8, 4) is 5.69 Å². The monoisotopic (exact) mass is 323 g/mol. The van der Waals surface area contributed by atoms with Crippen molar-refractivity contribution in [2.45, 2.75) is 33.2 Å². The Balaban J connectivity index is 2.41. The fraction of sp³-hybridized carbons (Fsp3) is 0.462. The molecule has 0 spiro atoms. The highest BCUT2D eigenvalue weighted by Gasteiger charge is 2.11. The van der Waals surface area contributed by atoms with Crippen LogP contribution in [0, 0.1) is 0 Å². The first-order chi connectivity index (χ1) is 9.11. The average molecular weight is 324 g/mol. The number of hydrogen-bond acceptors (Lipinski definition) is 4. The lowest BCUT2D eigenvalue weighted by atomic mass is 10.2. The van der Waals surface area contributed by atoms with E-state index < -0.39 is 0 Å². The van der Waals surface area contributed by atoms with Crippen LogP contribution in [0.2, 0.25) is 0 Å². The summed E-state index contributed by atoms with van der Waals surface area (Å²) >= 11 is 3.40. The maximum absolute atomic E-state index is 4.65. The first-order valence-electron chi connectivity index (χ1n) is 6.39. The molecule has 2 heterocycles. The number of rotatable bonds is 5. The van der Waals surface area contributed by atoms with Gasteiger partial charge in [-0.3, -0.25) is 0 Å². The molecule has 0 fully saturated rings. The highest BCUT2D eigenvalue weighted by Crippen LogP contribution is 2.17. The molecule has 0 bridgehead atoms. The Bertz CT molecular complexity index is 550. The fourth-order valence-electron chi connectivity index (χ4n) is 1.70. The van der Waals surface area contributed by atoms with Gasteiger partial charge in [-0.15, -0.1) is 0 Å². The number of nitrogens with zero attached hydrogens (tertiary/aromatic N) is 4. The smallest absolute Gasteiger partial charge is 0.131 e. The highest BCUT2D eigenvalue weighted by atomic mass is 79.9. The summed E-state index contributed by atoms with van der Waals surface area (Å²) in [5.74, 6) is 1.18. The Morgan fingerprint density at radius 3 is 2.74 bits per heavy atom. The molecular weight excluding hydrogens is 306 g/mol. The van der Waals surface area contributed by atoms with Gasteiger partial charge in [0.05, 0.1) is 22.6 Å². The van der Waals surface area contributed by atoms with Gasteiger partial charge >= 0.3 is 0 Å². The predicted octanol–water partition coefficient (Wildman–Crippen LogP) is 2.66. The van der Waals surface area contributed by atoms with Crippen LogP contribution in [-0.4, -0.2) is 26.3 Å². The van der Waals surface area contributed by atoms with Crippen LogP contribution in [0.5, 0.6) is 0 Å². The number of hydrogen-bond donors (Lipinski definition) is 1. The molecule has 2 aromatic heterocycles. The van der Waals surface area contributed by atoms with Gasteiger partial charge in [0, 0.05) is 18.7 Å². The largest absolute Gasteiger partial charge is 0.311 e. The van der Waals surface area contributed by atoms with E-state index in [1.54, 1.807) is 10.9 Å². The van der Waals surface area contributed by atoms with Crippen LogP contribution in [0.25, 0.3) is 5.69 Å². The topological polar surface area (TPSA) is 55.6 Å². The Kier molecular flexibility index (Phi) is 4.66. The Labute approximate surface area is 121 Å². The number of aromatic nitrogens is 4. The van der Waals surface area contributed by atoms with Crippen molar-refractivity contribution in [3.05, 3.63) is 34.6 Å². The molecule has 2 aromatic rings. The van der Waals surface area contributed by atoms with Gasteiger partial charge in [0.25, 0.3) is 0 Å². The molecule has 19 heavy (non-hydrogen) atoms. The fourth-order valence-corrected chi connectivity index (χ4v) is 1.99. The SMILES string of the molecule is CCNCc1nc(C(C)C)ncc1-n1cc(Br)cn1. The lowest BCUT2D eigenvalue weighted by Gasteiger charge is -2.12. The van der Waals surface area contributed by atoms with Crippen molar-refractivity contribution in [1.82, 2.24) is 25.1 Å². The van der Waals surface area contributed by atoms with Crippen LogP contribution in [0.4, 0.5) is 0 Å². The van der Waals surface area contributed by atoms with Gasteiger partial charge in [-0.05, 0) is 22.5 Å². The van der Waals surface area contributed by atoms with Crippen molar-refractivity contribution in [1.29, 1.82) is 0 Å².